The van der Waals surface area contributed by atoms with Crippen molar-refractivity contribution in [3.8, 4) is 0 Å². The van der Waals surface area contributed by atoms with Gasteiger partial charge >= 0.3 is 5.69 Å². The highest BCUT2D eigenvalue weighted by Crippen LogP contribution is 2.00. The fourth-order valence-corrected chi connectivity index (χ4v) is 2.04. The maximum Gasteiger partial charge on any atom is 0.317 e. The lowest BCUT2D eigenvalue weighted by atomic mass is 11.0. The predicted octanol–water partition coefficient (Wildman–Crippen LogP) is 0.859. The van der Waals surface area contributed by atoms with Crippen molar-refractivity contribution in [2.24, 2.45) is 0 Å². The summed E-state index contributed by atoms with van der Waals surface area (Å²) in [7, 11) is -1.45. The van der Waals surface area contributed by atoms with Crippen LogP contribution in [0.5, 0.6) is 0 Å². The monoisotopic (exact) mass is 156 g/mol. The van der Waals surface area contributed by atoms with E-state index >= 15 is 0 Å². The van der Waals surface area contributed by atoms with Crippen LogP contribution in [0.15, 0.2) is 17.2 Å². The van der Waals surface area contributed by atoms with Gasteiger partial charge in [-0.15, -0.1) is 0 Å². The second-order valence-electron chi connectivity index (χ2n) is 3.31. The lowest BCUT2D eigenvalue weighted by molar-refractivity contribution is 1.04. The summed E-state index contributed by atoms with van der Waals surface area (Å²) in [6, 6.07) is 0. The summed E-state index contributed by atoms with van der Waals surface area (Å²) in [5.41, 5.74) is 0.0131. The van der Waals surface area contributed by atoms with Crippen LogP contribution in [-0.4, -0.2) is 17.5 Å². The van der Waals surface area contributed by atoms with E-state index in [-0.39, 0.29) is 5.69 Å². The fourth-order valence-electron chi connectivity index (χ4n) is 0.849. The molecule has 0 saturated carbocycles. The van der Waals surface area contributed by atoms with Gasteiger partial charge < -0.3 is 9.22 Å². The molecule has 0 bridgehead atoms. The van der Waals surface area contributed by atoms with E-state index in [0.717, 1.165) is 0 Å². The van der Waals surface area contributed by atoms with Gasteiger partial charge in [-0.25, -0.2) is 4.79 Å². The average molecular weight is 156 g/mol. The van der Waals surface area contributed by atoms with Gasteiger partial charge in [0.05, 0.1) is 0 Å². The average Bonchev–Trinajstić information content (AvgIpc) is 2.11. The summed E-state index contributed by atoms with van der Waals surface area (Å²) in [5, 5.41) is 0. The minimum atomic E-state index is -1.45. The van der Waals surface area contributed by atoms with Gasteiger partial charge in [0.25, 0.3) is 0 Å². The van der Waals surface area contributed by atoms with Crippen LogP contribution >= 0.6 is 0 Å². The first kappa shape index (κ1) is 7.34. The van der Waals surface area contributed by atoms with Gasteiger partial charge in [-0.2, -0.15) is 0 Å². The number of nitrogens with one attached hydrogen (secondary N) is 1. The van der Waals surface area contributed by atoms with E-state index in [1.54, 1.807) is 10.4 Å². The van der Waals surface area contributed by atoms with Gasteiger partial charge in [0.15, 0.2) is 8.24 Å². The number of hydrogen-bond acceptors (Lipinski definition) is 1. The van der Waals surface area contributed by atoms with Gasteiger partial charge in [-0.1, -0.05) is 19.6 Å². The Morgan fingerprint density at radius 3 is 2.30 bits per heavy atom. The Kier molecular flexibility index (Phi) is 1.56. The summed E-state index contributed by atoms with van der Waals surface area (Å²) in [6.07, 6.45) is 3.50. The smallest absolute Gasteiger partial charge is 0.317 e. The molecule has 3 nitrogen and oxygen atoms in total. The molecule has 1 rings (SSSR count). The molecule has 56 valence electrons. The summed E-state index contributed by atoms with van der Waals surface area (Å²) in [5.74, 6) is 0. The van der Waals surface area contributed by atoms with E-state index in [1.165, 1.54) is 0 Å². The molecular formula is C6H12N2OSi. The van der Waals surface area contributed by atoms with Crippen LogP contribution < -0.4 is 5.69 Å². The lowest BCUT2D eigenvalue weighted by Gasteiger charge is -2.15. The zero-order chi connectivity index (χ0) is 7.78. The molecule has 4 heteroatoms. The molecule has 0 aliphatic carbocycles. The van der Waals surface area contributed by atoms with Crippen molar-refractivity contribution in [3.05, 3.63) is 22.9 Å². The third kappa shape index (κ3) is 1.21. The lowest BCUT2D eigenvalue weighted by Crippen LogP contribution is -2.39. The second-order valence-corrected chi connectivity index (χ2v) is 8.13. The fraction of sp³-hybridized carbons (Fsp3) is 0.500. The maximum absolute atomic E-state index is 11.0. The molecule has 0 aliphatic rings. The minimum Gasteiger partial charge on any atom is -0.328 e. The van der Waals surface area contributed by atoms with Gasteiger partial charge in [-0.3, -0.25) is 0 Å². The van der Waals surface area contributed by atoms with Crippen molar-refractivity contribution in [3.63, 3.8) is 0 Å². The molecular weight excluding hydrogens is 144 g/mol. The molecule has 0 amide bonds. The highest BCUT2D eigenvalue weighted by Gasteiger charge is 2.17. The molecule has 0 aromatic carbocycles. The second kappa shape index (κ2) is 2.12. The first-order valence-electron chi connectivity index (χ1n) is 3.28. The summed E-state index contributed by atoms with van der Waals surface area (Å²) in [6.45, 7) is 6.38. The third-order valence-electron chi connectivity index (χ3n) is 1.37. The van der Waals surface area contributed by atoms with Crippen molar-refractivity contribution in [1.82, 2.24) is 9.22 Å². The van der Waals surface area contributed by atoms with Crippen LogP contribution in [0.25, 0.3) is 0 Å². The Bertz CT molecular complexity index is 268. The first-order chi connectivity index (χ1) is 4.52. The molecule has 1 heterocycles. The molecule has 0 fully saturated rings. The van der Waals surface area contributed by atoms with Crippen molar-refractivity contribution in [2.45, 2.75) is 19.6 Å². The molecule has 0 aliphatic heterocycles. The number of nitrogens with zero attached hydrogens (tertiary/aromatic N) is 1. The van der Waals surface area contributed by atoms with E-state index in [9.17, 15) is 4.79 Å². The first-order valence-corrected chi connectivity index (χ1v) is 6.73. The van der Waals surface area contributed by atoms with Crippen molar-refractivity contribution in [1.29, 1.82) is 0 Å². The number of aromatic nitrogens is 2. The summed E-state index contributed by atoms with van der Waals surface area (Å²) < 4.78 is 1.80. The molecule has 10 heavy (non-hydrogen) atoms. The van der Waals surface area contributed by atoms with Crippen LogP contribution in [0.4, 0.5) is 0 Å². The van der Waals surface area contributed by atoms with Gasteiger partial charge in [0.2, 0.25) is 0 Å². The van der Waals surface area contributed by atoms with E-state index in [1.807, 2.05) is 6.20 Å². The van der Waals surface area contributed by atoms with Gasteiger partial charge in [0, 0.05) is 12.4 Å². The summed E-state index contributed by atoms with van der Waals surface area (Å²) >= 11 is 0. The number of hydrogen-bond donors (Lipinski definition) is 1. The van der Waals surface area contributed by atoms with E-state index in [4.69, 9.17) is 0 Å². The molecule has 1 N–H and O–H groups in total. The minimum absolute atomic E-state index is 0.0131. The maximum atomic E-state index is 11.0. The zero-order valence-corrected chi connectivity index (χ0v) is 7.51. The van der Waals surface area contributed by atoms with Gasteiger partial charge in [-0.05, 0) is 0 Å². The Labute approximate surface area is 60.8 Å². The largest absolute Gasteiger partial charge is 0.328 e. The quantitative estimate of drug-likeness (QED) is 0.602. The molecule has 0 radical (unpaired) electrons. The van der Waals surface area contributed by atoms with Crippen molar-refractivity contribution in [2.75, 3.05) is 0 Å². The topological polar surface area (TPSA) is 37.8 Å². The van der Waals surface area contributed by atoms with Crippen LogP contribution in [-0.2, 0) is 0 Å². The molecule has 0 saturated heterocycles. The molecule has 0 atom stereocenters. The SMILES string of the molecule is C[Si](C)(C)n1cc[nH]c1=O. The van der Waals surface area contributed by atoms with Crippen molar-refractivity contribution >= 4 is 8.24 Å². The van der Waals surface area contributed by atoms with E-state index < -0.39 is 8.24 Å². The molecule has 0 spiro atoms. The molecule has 1 aromatic heterocycles. The van der Waals surface area contributed by atoms with Gasteiger partial charge in [0.1, 0.15) is 0 Å². The van der Waals surface area contributed by atoms with Crippen molar-refractivity contribution < 1.29 is 0 Å². The molecule has 1 aromatic rings. The van der Waals surface area contributed by atoms with Crippen LogP contribution in [0.2, 0.25) is 19.6 Å². The normalized spacial score (nSPS) is 11.9. The van der Waals surface area contributed by atoms with E-state index in [2.05, 4.69) is 24.6 Å². The Morgan fingerprint density at radius 2 is 2.10 bits per heavy atom. The summed E-state index contributed by atoms with van der Waals surface area (Å²) in [4.78, 5) is 13.6. The Morgan fingerprint density at radius 1 is 1.50 bits per heavy atom. The van der Waals surface area contributed by atoms with Crippen LogP contribution in [0.1, 0.15) is 0 Å². The van der Waals surface area contributed by atoms with Crippen LogP contribution in [0, 0.1) is 0 Å². The van der Waals surface area contributed by atoms with Crippen LogP contribution in [0.3, 0.4) is 0 Å². The highest BCUT2D eigenvalue weighted by atomic mass is 28.3. The molecule has 0 unspecified atom stereocenters. The zero-order valence-electron chi connectivity index (χ0n) is 6.51. The number of rotatable bonds is 1. The standard InChI is InChI=1S/C6H12N2OSi/c1-10(2,3)8-5-4-7-6(8)9/h4-5H,1-3H3,(H,7,9). The number of aromatic amines is 1. The number of H-pyrrole nitrogens is 1. The predicted molar refractivity (Wildman–Crippen MR) is 43.8 cm³/mol. The van der Waals surface area contributed by atoms with E-state index in [0.29, 0.717) is 0 Å². The Balaban J connectivity index is 3.18. The highest BCUT2D eigenvalue weighted by molar-refractivity contribution is 6.74. The third-order valence-corrected chi connectivity index (χ3v) is 3.17. The number of imidazole rings is 1. The Hall–Kier alpha value is -0.773.